The maximum atomic E-state index is 12.2. The number of nitrogens with zero attached hydrogens (tertiary/aromatic N) is 3. The van der Waals surface area contributed by atoms with Crippen LogP contribution in [0.5, 0.6) is 0 Å². The molecule has 2 rings (SSSR count). The van der Waals surface area contributed by atoms with E-state index in [9.17, 15) is 9.59 Å². The van der Waals surface area contributed by atoms with E-state index in [1.54, 1.807) is 23.0 Å². The lowest BCUT2D eigenvalue weighted by atomic mass is 10.3. The van der Waals surface area contributed by atoms with E-state index in [1.165, 1.54) is 19.2 Å². The summed E-state index contributed by atoms with van der Waals surface area (Å²) in [6.45, 7) is 5.36. The molecule has 2 heterocycles. The average Bonchev–Trinajstić information content (AvgIpc) is 2.95. The molecule has 0 saturated heterocycles. The first-order valence-corrected chi connectivity index (χ1v) is 7.43. The van der Waals surface area contributed by atoms with Crippen molar-refractivity contribution in [2.45, 2.75) is 32.9 Å². The van der Waals surface area contributed by atoms with Crippen LogP contribution in [-0.4, -0.2) is 32.7 Å². The van der Waals surface area contributed by atoms with Crippen LogP contribution < -0.4 is 5.32 Å². The van der Waals surface area contributed by atoms with E-state index in [-0.39, 0.29) is 16.8 Å². The van der Waals surface area contributed by atoms with E-state index in [1.807, 2.05) is 13.8 Å². The van der Waals surface area contributed by atoms with Crippen LogP contribution in [0.25, 0.3) is 0 Å². The Morgan fingerprint density at radius 3 is 2.65 bits per heavy atom. The van der Waals surface area contributed by atoms with Crippen LogP contribution >= 0.6 is 11.6 Å². The molecule has 0 aliphatic heterocycles. The molecule has 0 saturated carbocycles. The quantitative estimate of drug-likeness (QED) is 0.670. The molecule has 1 amide bonds. The largest absolute Gasteiger partial charge is 0.449 e. The summed E-state index contributed by atoms with van der Waals surface area (Å²) in [5.74, 6) is -0.629. The molecule has 23 heavy (non-hydrogen) atoms. The maximum Gasteiger partial charge on any atom is 0.342 e. The SMILES string of the molecule is CC(C)n1nccc1NC(=O)[C@@H](C)OC(=O)c1cccnc1Cl. The van der Waals surface area contributed by atoms with Crippen molar-refractivity contribution >= 4 is 29.3 Å². The number of rotatable bonds is 5. The van der Waals surface area contributed by atoms with Crippen molar-refractivity contribution in [1.82, 2.24) is 14.8 Å². The number of pyridine rings is 1. The van der Waals surface area contributed by atoms with Crippen LogP contribution in [-0.2, 0) is 9.53 Å². The number of esters is 1. The molecule has 0 fully saturated rings. The maximum absolute atomic E-state index is 12.2. The molecule has 122 valence electrons. The Morgan fingerprint density at radius 2 is 2.00 bits per heavy atom. The highest BCUT2D eigenvalue weighted by molar-refractivity contribution is 6.32. The van der Waals surface area contributed by atoms with Gasteiger partial charge in [-0.1, -0.05) is 11.6 Å². The average molecular weight is 337 g/mol. The fraction of sp³-hybridized carbons (Fsp3) is 0.333. The van der Waals surface area contributed by atoms with Gasteiger partial charge in [0.15, 0.2) is 6.10 Å². The zero-order valence-electron chi connectivity index (χ0n) is 13.0. The number of ether oxygens (including phenoxy) is 1. The highest BCUT2D eigenvalue weighted by Gasteiger charge is 2.22. The van der Waals surface area contributed by atoms with Crippen LogP contribution in [0.4, 0.5) is 5.82 Å². The molecule has 0 aliphatic rings. The third-order valence-electron chi connectivity index (χ3n) is 3.04. The molecule has 0 unspecified atom stereocenters. The molecular formula is C15H17ClN4O3. The molecule has 1 atom stereocenters. The number of carbonyl (C=O) groups excluding carboxylic acids is 2. The van der Waals surface area contributed by atoms with Crippen molar-refractivity contribution in [3.05, 3.63) is 41.3 Å². The number of anilines is 1. The van der Waals surface area contributed by atoms with Gasteiger partial charge in [0.1, 0.15) is 11.0 Å². The summed E-state index contributed by atoms with van der Waals surface area (Å²) in [5, 5.41) is 6.83. The van der Waals surface area contributed by atoms with Gasteiger partial charge >= 0.3 is 5.97 Å². The minimum Gasteiger partial charge on any atom is -0.449 e. The summed E-state index contributed by atoms with van der Waals surface area (Å²) in [6.07, 6.45) is 2.05. The number of aromatic nitrogens is 3. The molecule has 8 heteroatoms. The molecule has 1 N–H and O–H groups in total. The van der Waals surface area contributed by atoms with Gasteiger partial charge in [-0.25, -0.2) is 14.5 Å². The van der Waals surface area contributed by atoms with E-state index < -0.39 is 18.0 Å². The fourth-order valence-corrected chi connectivity index (χ4v) is 2.06. The van der Waals surface area contributed by atoms with E-state index in [2.05, 4.69) is 15.4 Å². The second-order valence-electron chi connectivity index (χ2n) is 5.13. The van der Waals surface area contributed by atoms with E-state index >= 15 is 0 Å². The van der Waals surface area contributed by atoms with Crippen LogP contribution in [0.15, 0.2) is 30.6 Å². The van der Waals surface area contributed by atoms with Gasteiger partial charge in [-0.15, -0.1) is 0 Å². The van der Waals surface area contributed by atoms with Gasteiger partial charge in [0, 0.05) is 18.3 Å². The molecule has 0 radical (unpaired) electrons. The second kappa shape index (κ2) is 7.23. The summed E-state index contributed by atoms with van der Waals surface area (Å²) in [4.78, 5) is 28.0. The second-order valence-corrected chi connectivity index (χ2v) is 5.49. The predicted octanol–water partition coefficient (Wildman–Crippen LogP) is 2.70. The summed E-state index contributed by atoms with van der Waals surface area (Å²) in [5.41, 5.74) is 0.112. The molecule has 0 aliphatic carbocycles. The first-order chi connectivity index (χ1) is 10.9. The van der Waals surface area contributed by atoms with Gasteiger partial charge in [0.2, 0.25) is 0 Å². The van der Waals surface area contributed by atoms with Gasteiger partial charge in [-0.3, -0.25) is 4.79 Å². The van der Waals surface area contributed by atoms with E-state index in [0.717, 1.165) is 0 Å². The molecule has 2 aromatic rings. The van der Waals surface area contributed by atoms with Crippen molar-refractivity contribution in [3.63, 3.8) is 0 Å². The van der Waals surface area contributed by atoms with Crippen LogP contribution in [0, 0.1) is 0 Å². The topological polar surface area (TPSA) is 86.1 Å². The highest BCUT2D eigenvalue weighted by atomic mass is 35.5. The monoisotopic (exact) mass is 336 g/mol. The molecule has 0 aromatic carbocycles. The van der Waals surface area contributed by atoms with Crippen molar-refractivity contribution in [3.8, 4) is 0 Å². The highest BCUT2D eigenvalue weighted by Crippen LogP contribution is 2.16. The fourth-order valence-electron chi connectivity index (χ4n) is 1.87. The lowest BCUT2D eigenvalue weighted by Gasteiger charge is -2.15. The Labute approximate surface area is 138 Å². The summed E-state index contributed by atoms with van der Waals surface area (Å²) in [7, 11) is 0. The Hall–Kier alpha value is -2.41. The summed E-state index contributed by atoms with van der Waals surface area (Å²) < 4.78 is 6.78. The summed E-state index contributed by atoms with van der Waals surface area (Å²) in [6, 6.07) is 4.81. The third-order valence-corrected chi connectivity index (χ3v) is 3.34. The van der Waals surface area contributed by atoms with E-state index in [4.69, 9.17) is 16.3 Å². The van der Waals surface area contributed by atoms with Crippen molar-refractivity contribution in [1.29, 1.82) is 0 Å². The number of carbonyl (C=O) groups is 2. The number of hydrogen-bond donors (Lipinski definition) is 1. The van der Waals surface area contributed by atoms with Gasteiger partial charge < -0.3 is 10.1 Å². The normalized spacial score (nSPS) is 12.0. The van der Waals surface area contributed by atoms with Crippen molar-refractivity contribution < 1.29 is 14.3 Å². The standard InChI is InChI=1S/C15H17ClN4O3/c1-9(2)20-12(6-8-18-20)19-14(21)10(3)23-15(22)11-5-4-7-17-13(11)16/h4-10H,1-3H3,(H,19,21)/t10-/m1/s1. The van der Waals surface area contributed by atoms with Crippen LogP contribution in [0.2, 0.25) is 5.15 Å². The predicted molar refractivity (Wildman–Crippen MR) is 85.4 cm³/mol. The Balaban J connectivity index is 2.01. The Kier molecular flexibility index (Phi) is 5.33. The van der Waals surface area contributed by atoms with Crippen LogP contribution in [0.3, 0.4) is 0 Å². The van der Waals surface area contributed by atoms with Gasteiger partial charge in [-0.2, -0.15) is 5.10 Å². The number of nitrogens with one attached hydrogen (secondary N) is 1. The molecule has 2 aromatic heterocycles. The summed E-state index contributed by atoms with van der Waals surface area (Å²) >= 11 is 5.83. The van der Waals surface area contributed by atoms with Gasteiger partial charge in [-0.05, 0) is 32.9 Å². The lowest BCUT2D eigenvalue weighted by Crippen LogP contribution is -2.31. The minimum atomic E-state index is -0.991. The molecule has 7 nitrogen and oxygen atoms in total. The van der Waals surface area contributed by atoms with Crippen molar-refractivity contribution in [2.75, 3.05) is 5.32 Å². The zero-order chi connectivity index (χ0) is 17.0. The minimum absolute atomic E-state index is 0.0305. The van der Waals surface area contributed by atoms with E-state index in [0.29, 0.717) is 5.82 Å². The van der Waals surface area contributed by atoms with Gasteiger partial charge in [0.05, 0.1) is 11.8 Å². The first-order valence-electron chi connectivity index (χ1n) is 7.06. The third kappa shape index (κ3) is 4.07. The molecular weight excluding hydrogens is 320 g/mol. The Morgan fingerprint density at radius 1 is 1.26 bits per heavy atom. The number of hydrogen-bond acceptors (Lipinski definition) is 5. The first kappa shape index (κ1) is 17.0. The molecule has 0 spiro atoms. The Bertz CT molecular complexity index is 714. The lowest BCUT2D eigenvalue weighted by molar-refractivity contribution is -0.123. The number of halogens is 1. The van der Waals surface area contributed by atoms with Crippen LogP contribution in [0.1, 0.15) is 37.2 Å². The van der Waals surface area contributed by atoms with Gasteiger partial charge in [0.25, 0.3) is 5.91 Å². The smallest absolute Gasteiger partial charge is 0.342 e. The zero-order valence-corrected chi connectivity index (χ0v) is 13.7. The molecule has 0 bridgehead atoms. The number of amides is 1. The van der Waals surface area contributed by atoms with Crippen molar-refractivity contribution in [2.24, 2.45) is 0 Å².